The van der Waals surface area contributed by atoms with Gasteiger partial charge in [0.05, 0.1) is 18.5 Å². The number of nitrogens with zero attached hydrogens (tertiary/aromatic N) is 1. The van der Waals surface area contributed by atoms with Crippen LogP contribution in [0.2, 0.25) is 0 Å². The fourth-order valence-corrected chi connectivity index (χ4v) is 3.50. The van der Waals surface area contributed by atoms with Crippen LogP contribution >= 0.6 is 15.9 Å². The van der Waals surface area contributed by atoms with Crippen molar-refractivity contribution in [1.82, 2.24) is 0 Å². The molecule has 0 unspecified atom stereocenters. The van der Waals surface area contributed by atoms with Crippen molar-refractivity contribution in [3.05, 3.63) is 46.9 Å². The monoisotopic (exact) mass is 370 g/mol. The second-order valence-electron chi connectivity index (χ2n) is 4.35. The molecule has 2 aromatic rings. The standard InChI is InChI=1S/C14H15BrN2O3S/c1-17(11-4-6-12(20-2)7-5-11)21(18,19)14-8-3-10(15)9-13(14)16/h3-9H,16H2,1-2H3. The van der Waals surface area contributed by atoms with E-state index in [1.54, 1.807) is 43.5 Å². The first-order valence-corrected chi connectivity index (χ1v) is 8.27. The Hall–Kier alpha value is -1.73. The molecule has 0 aromatic heterocycles. The Labute approximate surface area is 132 Å². The van der Waals surface area contributed by atoms with E-state index in [0.29, 0.717) is 11.4 Å². The quantitative estimate of drug-likeness (QED) is 0.839. The predicted octanol–water partition coefficient (Wildman–Crippen LogP) is 2.87. The van der Waals surface area contributed by atoms with Gasteiger partial charge in [0.1, 0.15) is 10.6 Å². The van der Waals surface area contributed by atoms with Gasteiger partial charge in [-0.1, -0.05) is 15.9 Å². The average Bonchev–Trinajstić information content (AvgIpc) is 2.46. The molecular weight excluding hydrogens is 356 g/mol. The molecule has 0 fully saturated rings. The zero-order chi connectivity index (χ0) is 15.6. The molecule has 0 aliphatic heterocycles. The zero-order valence-corrected chi connectivity index (χ0v) is 14.0. The van der Waals surface area contributed by atoms with Crippen LogP contribution in [0.5, 0.6) is 5.75 Å². The summed E-state index contributed by atoms with van der Waals surface area (Å²) in [7, 11) is -0.674. The van der Waals surface area contributed by atoms with Gasteiger partial charge in [0, 0.05) is 11.5 Å². The molecule has 7 heteroatoms. The van der Waals surface area contributed by atoms with Crippen LogP contribution in [0.4, 0.5) is 11.4 Å². The summed E-state index contributed by atoms with van der Waals surface area (Å²) in [6, 6.07) is 11.4. The molecule has 5 nitrogen and oxygen atoms in total. The second-order valence-corrected chi connectivity index (χ2v) is 7.21. The van der Waals surface area contributed by atoms with Gasteiger partial charge in [-0.05, 0) is 42.5 Å². The Morgan fingerprint density at radius 3 is 2.29 bits per heavy atom. The van der Waals surface area contributed by atoms with Crippen molar-refractivity contribution in [3.8, 4) is 5.75 Å². The number of sulfonamides is 1. The van der Waals surface area contributed by atoms with E-state index in [-0.39, 0.29) is 10.6 Å². The van der Waals surface area contributed by atoms with E-state index in [0.717, 1.165) is 4.47 Å². The summed E-state index contributed by atoms with van der Waals surface area (Å²) in [6.45, 7) is 0. The van der Waals surface area contributed by atoms with Crippen molar-refractivity contribution in [2.75, 3.05) is 24.2 Å². The highest BCUT2D eigenvalue weighted by atomic mass is 79.9. The first-order valence-electron chi connectivity index (χ1n) is 6.04. The minimum absolute atomic E-state index is 0.0732. The molecule has 0 aliphatic rings. The molecule has 0 heterocycles. The van der Waals surface area contributed by atoms with Gasteiger partial charge in [-0.25, -0.2) is 8.42 Å². The first-order chi connectivity index (χ1) is 9.86. The molecule has 2 N–H and O–H groups in total. The van der Waals surface area contributed by atoms with Gasteiger partial charge in [-0.15, -0.1) is 0 Å². The number of nitrogens with two attached hydrogens (primary N) is 1. The SMILES string of the molecule is COc1ccc(N(C)S(=O)(=O)c2ccc(Br)cc2N)cc1. The number of hydrogen-bond acceptors (Lipinski definition) is 4. The van der Waals surface area contributed by atoms with E-state index >= 15 is 0 Å². The van der Waals surface area contributed by atoms with Crippen LogP contribution in [0, 0.1) is 0 Å². The van der Waals surface area contributed by atoms with Crippen LogP contribution in [0.1, 0.15) is 0 Å². The Balaban J connectivity index is 2.42. The number of hydrogen-bond donors (Lipinski definition) is 1. The van der Waals surface area contributed by atoms with E-state index in [4.69, 9.17) is 10.5 Å². The normalized spacial score (nSPS) is 11.2. The lowest BCUT2D eigenvalue weighted by atomic mass is 10.3. The maximum atomic E-state index is 12.6. The minimum Gasteiger partial charge on any atom is -0.497 e. The lowest BCUT2D eigenvalue weighted by Crippen LogP contribution is -2.27. The smallest absolute Gasteiger partial charge is 0.266 e. The largest absolute Gasteiger partial charge is 0.497 e. The Morgan fingerprint density at radius 2 is 1.76 bits per heavy atom. The maximum Gasteiger partial charge on any atom is 0.266 e. The number of halogens is 1. The molecular formula is C14H15BrN2O3S. The summed E-state index contributed by atoms with van der Waals surface area (Å²) >= 11 is 3.26. The summed E-state index contributed by atoms with van der Waals surface area (Å²) in [5, 5.41) is 0. The third-order valence-electron chi connectivity index (χ3n) is 3.05. The molecule has 0 radical (unpaired) electrons. The number of ether oxygens (including phenoxy) is 1. The van der Waals surface area contributed by atoms with E-state index in [1.807, 2.05) is 0 Å². The summed E-state index contributed by atoms with van der Waals surface area (Å²) in [5.74, 6) is 0.660. The van der Waals surface area contributed by atoms with Crippen molar-refractivity contribution >= 4 is 37.3 Å². The van der Waals surface area contributed by atoms with E-state index < -0.39 is 10.0 Å². The maximum absolute atomic E-state index is 12.6. The fraction of sp³-hybridized carbons (Fsp3) is 0.143. The minimum atomic E-state index is -3.71. The van der Waals surface area contributed by atoms with Crippen LogP contribution in [-0.4, -0.2) is 22.6 Å². The molecule has 0 aliphatic carbocycles. The number of rotatable bonds is 4. The molecule has 0 spiro atoms. The lowest BCUT2D eigenvalue weighted by molar-refractivity contribution is 0.415. The van der Waals surface area contributed by atoms with Gasteiger partial charge >= 0.3 is 0 Å². The third kappa shape index (κ3) is 3.14. The summed E-state index contributed by atoms with van der Waals surface area (Å²) in [4.78, 5) is 0.0732. The highest BCUT2D eigenvalue weighted by Gasteiger charge is 2.23. The Kier molecular flexibility index (Phi) is 4.43. The topological polar surface area (TPSA) is 72.6 Å². The van der Waals surface area contributed by atoms with Crippen molar-refractivity contribution in [2.24, 2.45) is 0 Å². The average molecular weight is 371 g/mol. The van der Waals surface area contributed by atoms with Crippen molar-refractivity contribution in [2.45, 2.75) is 4.90 Å². The fourth-order valence-electron chi connectivity index (χ4n) is 1.83. The first kappa shape index (κ1) is 15.7. The molecule has 21 heavy (non-hydrogen) atoms. The third-order valence-corrected chi connectivity index (χ3v) is 5.40. The van der Waals surface area contributed by atoms with E-state index in [1.165, 1.54) is 17.4 Å². The summed E-state index contributed by atoms with van der Waals surface area (Å²) in [6.07, 6.45) is 0. The molecule has 112 valence electrons. The number of methoxy groups -OCH3 is 1. The van der Waals surface area contributed by atoms with Crippen molar-refractivity contribution in [3.63, 3.8) is 0 Å². The number of anilines is 2. The molecule has 0 bridgehead atoms. The highest BCUT2D eigenvalue weighted by Crippen LogP contribution is 2.28. The molecule has 0 saturated heterocycles. The van der Waals surface area contributed by atoms with Gasteiger partial charge in [0.15, 0.2) is 0 Å². The van der Waals surface area contributed by atoms with Crippen molar-refractivity contribution in [1.29, 1.82) is 0 Å². The lowest BCUT2D eigenvalue weighted by Gasteiger charge is -2.20. The van der Waals surface area contributed by atoms with Gasteiger partial charge in [0.2, 0.25) is 0 Å². The van der Waals surface area contributed by atoms with Crippen molar-refractivity contribution < 1.29 is 13.2 Å². The second kappa shape index (κ2) is 5.95. The van der Waals surface area contributed by atoms with Crippen LogP contribution in [0.15, 0.2) is 51.8 Å². The van der Waals surface area contributed by atoms with Gasteiger partial charge < -0.3 is 10.5 Å². The predicted molar refractivity (Wildman–Crippen MR) is 87.1 cm³/mol. The van der Waals surface area contributed by atoms with Gasteiger partial charge in [-0.3, -0.25) is 4.31 Å². The number of benzene rings is 2. The van der Waals surface area contributed by atoms with Crippen LogP contribution in [0.3, 0.4) is 0 Å². The molecule has 0 amide bonds. The van der Waals surface area contributed by atoms with E-state index in [2.05, 4.69) is 15.9 Å². The van der Waals surface area contributed by atoms with Crippen LogP contribution < -0.4 is 14.8 Å². The van der Waals surface area contributed by atoms with Crippen LogP contribution in [0.25, 0.3) is 0 Å². The van der Waals surface area contributed by atoms with E-state index in [9.17, 15) is 8.42 Å². The molecule has 0 atom stereocenters. The van der Waals surface area contributed by atoms with Crippen LogP contribution in [-0.2, 0) is 10.0 Å². The summed E-state index contributed by atoms with van der Waals surface area (Å²) < 4.78 is 32.2. The Morgan fingerprint density at radius 1 is 1.14 bits per heavy atom. The zero-order valence-electron chi connectivity index (χ0n) is 11.6. The van der Waals surface area contributed by atoms with Gasteiger partial charge in [-0.2, -0.15) is 0 Å². The molecule has 2 rings (SSSR count). The van der Waals surface area contributed by atoms with Gasteiger partial charge in [0.25, 0.3) is 10.0 Å². The Bertz CT molecular complexity index is 745. The summed E-state index contributed by atoms with van der Waals surface area (Å²) in [5.41, 5.74) is 6.54. The highest BCUT2D eigenvalue weighted by molar-refractivity contribution is 9.10. The molecule has 2 aromatic carbocycles. The number of nitrogen functional groups attached to an aromatic ring is 1. The molecule has 0 saturated carbocycles.